The summed E-state index contributed by atoms with van der Waals surface area (Å²) in [5, 5.41) is 6.57. The number of hydrogen-bond donors (Lipinski definition) is 2. The number of rotatable bonds is 5. The number of aromatic nitrogens is 2. The average molecular weight is 390 g/mol. The standard InChI is InChI=1S/C19H24ClN5O2/c1-12-11-21-19(24-17(12)20)23-15-5-4-13(10-16(15)27-3)18(26)22-14-6-8-25(2)9-7-14/h4-5,10-11,14H,6-9H2,1-3H3,(H,22,26)(H,21,23,24). The van der Waals surface area contributed by atoms with Crippen molar-refractivity contribution in [3.63, 3.8) is 0 Å². The molecular weight excluding hydrogens is 366 g/mol. The number of piperidine rings is 1. The van der Waals surface area contributed by atoms with E-state index in [9.17, 15) is 4.79 Å². The summed E-state index contributed by atoms with van der Waals surface area (Å²) in [5.41, 5.74) is 2.02. The van der Waals surface area contributed by atoms with Crippen LogP contribution in [0.2, 0.25) is 5.15 Å². The zero-order valence-corrected chi connectivity index (χ0v) is 16.5. The molecule has 0 saturated carbocycles. The molecule has 0 aliphatic carbocycles. The van der Waals surface area contributed by atoms with E-state index < -0.39 is 0 Å². The molecule has 2 N–H and O–H groups in total. The fourth-order valence-electron chi connectivity index (χ4n) is 2.96. The van der Waals surface area contributed by atoms with Crippen molar-refractivity contribution in [2.45, 2.75) is 25.8 Å². The van der Waals surface area contributed by atoms with E-state index in [-0.39, 0.29) is 11.9 Å². The highest BCUT2D eigenvalue weighted by Gasteiger charge is 2.20. The zero-order valence-electron chi connectivity index (χ0n) is 15.8. The lowest BCUT2D eigenvalue weighted by molar-refractivity contribution is 0.0916. The van der Waals surface area contributed by atoms with E-state index in [4.69, 9.17) is 16.3 Å². The van der Waals surface area contributed by atoms with Crippen LogP contribution in [0, 0.1) is 6.92 Å². The molecule has 1 aliphatic rings. The minimum absolute atomic E-state index is 0.0935. The van der Waals surface area contributed by atoms with Crippen LogP contribution in [-0.2, 0) is 0 Å². The summed E-state index contributed by atoms with van der Waals surface area (Å²) in [5.74, 6) is 0.808. The second-order valence-electron chi connectivity index (χ2n) is 6.76. The number of anilines is 2. The second kappa shape index (κ2) is 8.54. The summed E-state index contributed by atoms with van der Waals surface area (Å²) in [6.07, 6.45) is 3.57. The molecule has 0 spiro atoms. The minimum Gasteiger partial charge on any atom is -0.495 e. The second-order valence-corrected chi connectivity index (χ2v) is 7.12. The molecule has 27 heavy (non-hydrogen) atoms. The van der Waals surface area contributed by atoms with Crippen molar-refractivity contribution in [1.82, 2.24) is 20.2 Å². The molecule has 144 valence electrons. The highest BCUT2D eigenvalue weighted by Crippen LogP contribution is 2.28. The number of nitrogens with one attached hydrogen (secondary N) is 2. The third-order valence-electron chi connectivity index (χ3n) is 4.67. The monoisotopic (exact) mass is 389 g/mol. The van der Waals surface area contributed by atoms with Crippen LogP contribution in [0.15, 0.2) is 24.4 Å². The Bertz CT molecular complexity index is 822. The number of carbonyl (C=O) groups is 1. The summed E-state index contributed by atoms with van der Waals surface area (Å²) in [7, 11) is 3.65. The van der Waals surface area contributed by atoms with Crippen LogP contribution in [0.5, 0.6) is 5.75 Å². The summed E-state index contributed by atoms with van der Waals surface area (Å²) < 4.78 is 5.43. The predicted octanol–water partition coefficient (Wildman–Crippen LogP) is 3.01. The quantitative estimate of drug-likeness (QED) is 0.765. The van der Waals surface area contributed by atoms with Gasteiger partial charge in [-0.25, -0.2) is 9.97 Å². The van der Waals surface area contributed by atoms with Gasteiger partial charge in [-0.1, -0.05) is 11.6 Å². The van der Waals surface area contributed by atoms with Gasteiger partial charge in [0.2, 0.25) is 5.95 Å². The number of halogens is 1. The third-order valence-corrected chi connectivity index (χ3v) is 5.06. The molecule has 1 aromatic heterocycles. The first-order valence-electron chi connectivity index (χ1n) is 8.90. The maximum atomic E-state index is 12.6. The molecule has 2 heterocycles. The molecule has 1 aliphatic heterocycles. The van der Waals surface area contributed by atoms with Crippen LogP contribution in [0.25, 0.3) is 0 Å². The van der Waals surface area contributed by atoms with Crippen LogP contribution in [0.1, 0.15) is 28.8 Å². The Morgan fingerprint density at radius 2 is 2.07 bits per heavy atom. The van der Waals surface area contributed by atoms with Crippen LogP contribution < -0.4 is 15.4 Å². The Morgan fingerprint density at radius 1 is 1.33 bits per heavy atom. The number of amides is 1. The maximum absolute atomic E-state index is 12.6. The van der Waals surface area contributed by atoms with E-state index in [1.807, 2.05) is 6.92 Å². The summed E-state index contributed by atoms with van der Waals surface area (Å²) in [6, 6.07) is 5.45. The molecule has 7 nitrogen and oxygen atoms in total. The molecule has 1 saturated heterocycles. The van der Waals surface area contributed by atoms with Gasteiger partial charge in [0, 0.05) is 23.4 Å². The van der Waals surface area contributed by atoms with E-state index in [1.54, 1.807) is 31.5 Å². The van der Waals surface area contributed by atoms with Gasteiger partial charge in [0.15, 0.2) is 0 Å². The SMILES string of the molecule is COc1cc(C(=O)NC2CCN(C)CC2)ccc1Nc1ncc(C)c(Cl)n1. The van der Waals surface area contributed by atoms with E-state index in [0.29, 0.717) is 28.1 Å². The molecule has 0 unspecified atom stereocenters. The smallest absolute Gasteiger partial charge is 0.251 e. The van der Waals surface area contributed by atoms with Crippen LogP contribution in [-0.4, -0.2) is 54.1 Å². The van der Waals surface area contributed by atoms with Crippen molar-refractivity contribution in [3.8, 4) is 5.75 Å². The van der Waals surface area contributed by atoms with Gasteiger partial charge in [0.05, 0.1) is 12.8 Å². The molecule has 0 bridgehead atoms. The van der Waals surface area contributed by atoms with Crippen molar-refractivity contribution >= 4 is 29.1 Å². The van der Waals surface area contributed by atoms with Crippen LogP contribution in [0.3, 0.4) is 0 Å². The Kier molecular flexibility index (Phi) is 6.13. The number of likely N-dealkylation sites (tertiary alicyclic amines) is 1. The Balaban J connectivity index is 1.71. The van der Waals surface area contributed by atoms with Crippen molar-refractivity contribution in [1.29, 1.82) is 0 Å². The van der Waals surface area contributed by atoms with Crippen molar-refractivity contribution in [2.75, 3.05) is 32.6 Å². The normalized spacial score (nSPS) is 15.4. The first kappa shape index (κ1) is 19.4. The average Bonchev–Trinajstić information content (AvgIpc) is 2.66. The van der Waals surface area contributed by atoms with Gasteiger partial charge in [-0.05, 0) is 58.1 Å². The highest BCUT2D eigenvalue weighted by atomic mass is 35.5. The predicted molar refractivity (Wildman–Crippen MR) is 106 cm³/mol. The Hall–Kier alpha value is -2.38. The number of hydrogen-bond acceptors (Lipinski definition) is 6. The lowest BCUT2D eigenvalue weighted by Crippen LogP contribution is -2.43. The van der Waals surface area contributed by atoms with Gasteiger partial charge in [0.1, 0.15) is 10.9 Å². The number of carbonyl (C=O) groups excluding carboxylic acids is 1. The molecule has 0 atom stereocenters. The fourth-order valence-corrected chi connectivity index (χ4v) is 3.09. The molecule has 1 aromatic carbocycles. The number of methoxy groups -OCH3 is 1. The van der Waals surface area contributed by atoms with Crippen LogP contribution >= 0.6 is 11.6 Å². The van der Waals surface area contributed by atoms with E-state index in [0.717, 1.165) is 31.5 Å². The number of aryl methyl sites for hydroxylation is 1. The Labute approximate surface area is 164 Å². The van der Waals surface area contributed by atoms with Gasteiger partial charge in [-0.15, -0.1) is 0 Å². The lowest BCUT2D eigenvalue weighted by Gasteiger charge is -2.29. The van der Waals surface area contributed by atoms with Crippen LogP contribution in [0.4, 0.5) is 11.6 Å². The highest BCUT2D eigenvalue weighted by molar-refractivity contribution is 6.30. The molecule has 3 rings (SSSR count). The first-order chi connectivity index (χ1) is 13.0. The molecule has 1 amide bonds. The summed E-state index contributed by atoms with van der Waals surface area (Å²) >= 11 is 6.04. The van der Waals surface area contributed by atoms with Crippen molar-refractivity contribution in [2.24, 2.45) is 0 Å². The summed E-state index contributed by atoms with van der Waals surface area (Å²) in [4.78, 5) is 23.2. The van der Waals surface area contributed by atoms with Crippen molar-refractivity contribution < 1.29 is 9.53 Å². The minimum atomic E-state index is -0.0935. The van der Waals surface area contributed by atoms with E-state index in [1.165, 1.54) is 0 Å². The van der Waals surface area contributed by atoms with Gasteiger partial charge >= 0.3 is 0 Å². The lowest BCUT2D eigenvalue weighted by atomic mass is 10.0. The van der Waals surface area contributed by atoms with Gasteiger partial charge in [0.25, 0.3) is 5.91 Å². The van der Waals surface area contributed by atoms with Gasteiger partial charge in [-0.2, -0.15) is 0 Å². The fraction of sp³-hybridized carbons (Fsp3) is 0.421. The molecular formula is C19H24ClN5O2. The van der Waals surface area contributed by atoms with Gasteiger partial charge in [-0.3, -0.25) is 4.79 Å². The maximum Gasteiger partial charge on any atom is 0.251 e. The molecule has 0 radical (unpaired) electrons. The molecule has 1 fully saturated rings. The largest absolute Gasteiger partial charge is 0.495 e. The number of benzene rings is 1. The topological polar surface area (TPSA) is 79.4 Å². The molecule has 2 aromatic rings. The Morgan fingerprint density at radius 3 is 2.74 bits per heavy atom. The third kappa shape index (κ3) is 4.87. The van der Waals surface area contributed by atoms with Gasteiger partial charge < -0.3 is 20.3 Å². The molecule has 8 heteroatoms. The first-order valence-corrected chi connectivity index (χ1v) is 9.27. The summed E-state index contributed by atoms with van der Waals surface area (Å²) in [6.45, 7) is 3.83. The number of ether oxygens (including phenoxy) is 1. The van der Waals surface area contributed by atoms with E-state index in [2.05, 4.69) is 32.5 Å². The van der Waals surface area contributed by atoms with Crippen molar-refractivity contribution in [3.05, 3.63) is 40.7 Å². The zero-order chi connectivity index (χ0) is 19.4. The van der Waals surface area contributed by atoms with E-state index >= 15 is 0 Å². The number of nitrogens with zero attached hydrogens (tertiary/aromatic N) is 3.